The van der Waals surface area contributed by atoms with Gasteiger partial charge in [-0.25, -0.2) is 9.37 Å². The van der Waals surface area contributed by atoms with Crippen LogP contribution in [0.1, 0.15) is 52.8 Å². The minimum Gasteiger partial charge on any atom is -0.369 e. The van der Waals surface area contributed by atoms with Crippen LogP contribution in [0.5, 0.6) is 0 Å². The summed E-state index contributed by atoms with van der Waals surface area (Å²) in [5, 5.41) is 11.2. The summed E-state index contributed by atoms with van der Waals surface area (Å²) in [5.41, 5.74) is 2.79. The number of imide groups is 2. The summed E-state index contributed by atoms with van der Waals surface area (Å²) >= 11 is 17.3. The van der Waals surface area contributed by atoms with Gasteiger partial charge in [0.1, 0.15) is 17.7 Å². The Kier molecular flexibility index (Phi) is 12.6. The molecule has 0 spiro atoms. The first kappa shape index (κ1) is 42.3. The number of piperazine rings is 1. The molecule has 0 saturated carbocycles. The number of amides is 4. The van der Waals surface area contributed by atoms with Crippen LogP contribution in [-0.2, 0) is 9.59 Å². The van der Waals surface area contributed by atoms with E-state index in [1.807, 2.05) is 35.2 Å². The first-order chi connectivity index (χ1) is 28.8. The van der Waals surface area contributed by atoms with Crippen molar-refractivity contribution in [2.45, 2.75) is 38.1 Å². The SMILES string of the molecule is CP(C)c1ccccc1Nc1nc(Nc2cc(Cl)c(N3CCN(CCC4CCN(c5cc6c(cc5F)C(=O)N(C5CCC(=O)NC5=O)C6=O)CC4)CC3)cc2Cl)ncc1Br. The molecule has 1 atom stereocenters. The van der Waals surface area contributed by atoms with E-state index in [1.165, 1.54) is 11.4 Å². The summed E-state index contributed by atoms with van der Waals surface area (Å²) in [6, 6.07) is 13.4. The highest BCUT2D eigenvalue weighted by atomic mass is 79.9. The van der Waals surface area contributed by atoms with Crippen LogP contribution < -0.4 is 31.1 Å². The van der Waals surface area contributed by atoms with Gasteiger partial charge in [0.05, 0.1) is 42.7 Å². The fourth-order valence-corrected chi connectivity index (χ4v) is 10.1. The van der Waals surface area contributed by atoms with Crippen LogP contribution in [-0.4, -0.2) is 109 Å². The molecule has 18 heteroatoms. The second-order valence-electron chi connectivity index (χ2n) is 15.7. The molecular formula is C42H44BrCl2FN9O4P. The lowest BCUT2D eigenvalue weighted by molar-refractivity contribution is -0.136. The van der Waals surface area contributed by atoms with E-state index in [0.29, 0.717) is 46.5 Å². The number of carbonyl (C=O) groups excluding carboxylic acids is 4. The largest absolute Gasteiger partial charge is 0.369 e. The predicted molar refractivity (Wildman–Crippen MR) is 239 cm³/mol. The van der Waals surface area contributed by atoms with Gasteiger partial charge in [-0.1, -0.05) is 49.3 Å². The highest BCUT2D eigenvalue weighted by molar-refractivity contribution is 9.10. The molecule has 8 rings (SSSR count). The van der Waals surface area contributed by atoms with Gasteiger partial charge >= 0.3 is 0 Å². The summed E-state index contributed by atoms with van der Waals surface area (Å²) < 4.78 is 16.2. The lowest BCUT2D eigenvalue weighted by Gasteiger charge is -2.38. The number of aromatic nitrogens is 2. The fourth-order valence-electron chi connectivity index (χ4n) is 8.37. The number of fused-ring (bicyclic) bond motifs is 1. The standard InChI is InChI=1S/C42H44BrCl2FN9O4P/c1-60(2)36-6-4-3-5-31(36)48-38-27(43)23-47-42(51-38)49-32-21-29(45)34(22-28(32)44)54-17-15-52(16-18-54)12-9-24-10-13-53(14-11-24)35-20-26-25(19-30(35)46)40(58)55(41(26)59)33-7-8-37(56)50-39(33)57/h3-6,19-24,33H,7-18H2,1-2H3,(H,50,56,57)(H2,47,48,49,51). The minimum absolute atomic E-state index is 0.0205. The molecule has 4 aliphatic heterocycles. The molecule has 4 aliphatic rings. The van der Waals surface area contributed by atoms with Crippen molar-refractivity contribution < 1.29 is 23.6 Å². The molecule has 3 aromatic carbocycles. The van der Waals surface area contributed by atoms with E-state index >= 15 is 4.39 Å². The first-order valence-corrected chi connectivity index (χ1v) is 23.7. The molecule has 60 heavy (non-hydrogen) atoms. The van der Waals surface area contributed by atoms with Gasteiger partial charge in [0, 0.05) is 57.6 Å². The van der Waals surface area contributed by atoms with Crippen molar-refractivity contribution in [2.24, 2.45) is 5.92 Å². The van der Waals surface area contributed by atoms with E-state index < -0.39 is 35.5 Å². The number of hydrogen-bond acceptors (Lipinski definition) is 11. The summed E-state index contributed by atoms with van der Waals surface area (Å²) in [6.45, 7) is 9.96. The van der Waals surface area contributed by atoms with Crippen molar-refractivity contribution in [3.8, 4) is 0 Å². The summed E-state index contributed by atoms with van der Waals surface area (Å²) in [7, 11) is -0.324. The van der Waals surface area contributed by atoms with Crippen LogP contribution in [0.3, 0.4) is 0 Å². The van der Waals surface area contributed by atoms with Gasteiger partial charge in [-0.2, -0.15) is 4.98 Å². The molecule has 3 saturated heterocycles. The van der Waals surface area contributed by atoms with E-state index in [2.05, 4.69) is 66.1 Å². The maximum atomic E-state index is 15.5. The minimum atomic E-state index is -1.09. The van der Waals surface area contributed by atoms with Crippen LogP contribution >= 0.6 is 47.1 Å². The average Bonchev–Trinajstić information content (AvgIpc) is 3.47. The third kappa shape index (κ3) is 8.83. The first-order valence-electron chi connectivity index (χ1n) is 19.9. The summed E-state index contributed by atoms with van der Waals surface area (Å²) in [4.78, 5) is 67.2. The van der Waals surface area contributed by atoms with Gasteiger partial charge < -0.3 is 20.4 Å². The van der Waals surface area contributed by atoms with Gasteiger partial charge in [0.25, 0.3) is 11.8 Å². The van der Waals surface area contributed by atoms with E-state index in [1.54, 1.807) is 6.20 Å². The van der Waals surface area contributed by atoms with Crippen molar-refractivity contribution >= 4 is 111 Å². The van der Waals surface area contributed by atoms with Crippen molar-refractivity contribution in [1.29, 1.82) is 0 Å². The molecule has 4 aromatic rings. The van der Waals surface area contributed by atoms with Gasteiger partial charge in [0.15, 0.2) is 0 Å². The molecule has 5 heterocycles. The topological polar surface area (TPSA) is 143 Å². The number of benzene rings is 3. The third-order valence-electron chi connectivity index (χ3n) is 11.7. The number of rotatable bonds is 11. The second kappa shape index (κ2) is 17.9. The number of anilines is 6. The molecule has 1 unspecified atom stereocenters. The summed E-state index contributed by atoms with van der Waals surface area (Å²) in [6.07, 6.45) is 4.52. The average molecular weight is 940 g/mol. The van der Waals surface area contributed by atoms with Crippen LogP contribution in [0.25, 0.3) is 0 Å². The molecular weight excluding hydrogens is 895 g/mol. The zero-order valence-corrected chi connectivity index (χ0v) is 37.1. The lowest BCUT2D eigenvalue weighted by Crippen LogP contribution is -2.54. The number of halogens is 4. The number of hydrogen-bond donors (Lipinski definition) is 3. The normalized spacial score (nSPS) is 19.0. The molecule has 314 valence electrons. The molecule has 3 N–H and O–H groups in total. The van der Waals surface area contributed by atoms with E-state index in [9.17, 15) is 19.2 Å². The number of nitrogens with one attached hydrogen (secondary N) is 3. The van der Waals surface area contributed by atoms with E-state index in [4.69, 9.17) is 28.2 Å². The maximum Gasteiger partial charge on any atom is 0.262 e. The fraction of sp³-hybridized carbons (Fsp3) is 0.381. The Labute approximate surface area is 367 Å². The van der Waals surface area contributed by atoms with E-state index in [-0.39, 0.29) is 37.6 Å². The highest BCUT2D eigenvalue weighted by Crippen LogP contribution is 2.38. The number of para-hydroxylation sites is 1. The zero-order valence-electron chi connectivity index (χ0n) is 33.1. The third-order valence-corrected chi connectivity index (χ3v) is 14.2. The molecule has 1 aromatic heterocycles. The molecule has 0 bridgehead atoms. The number of piperidine rings is 2. The van der Waals surface area contributed by atoms with Crippen LogP contribution in [0, 0.1) is 11.7 Å². The predicted octanol–water partition coefficient (Wildman–Crippen LogP) is 7.37. The monoisotopic (exact) mass is 937 g/mol. The highest BCUT2D eigenvalue weighted by Gasteiger charge is 2.45. The maximum absolute atomic E-state index is 15.5. The number of nitrogens with zero attached hydrogens (tertiary/aromatic N) is 6. The van der Waals surface area contributed by atoms with Gasteiger partial charge in [-0.05, 0) is 103 Å². The summed E-state index contributed by atoms with van der Waals surface area (Å²) in [5.74, 6) is -1.60. The van der Waals surface area contributed by atoms with Gasteiger partial charge in [0.2, 0.25) is 17.8 Å². The number of carbonyl (C=O) groups is 4. The Morgan fingerprint density at radius 2 is 1.55 bits per heavy atom. The second-order valence-corrected chi connectivity index (χ2v) is 19.6. The smallest absolute Gasteiger partial charge is 0.262 e. The van der Waals surface area contributed by atoms with Crippen LogP contribution in [0.15, 0.2) is 59.2 Å². The van der Waals surface area contributed by atoms with Gasteiger partial charge in [-0.15, -0.1) is 0 Å². The van der Waals surface area contributed by atoms with Crippen molar-refractivity contribution in [3.05, 3.63) is 86.2 Å². The Morgan fingerprint density at radius 1 is 0.850 bits per heavy atom. The van der Waals surface area contributed by atoms with E-state index in [0.717, 1.165) is 78.8 Å². The molecule has 13 nitrogen and oxygen atoms in total. The van der Waals surface area contributed by atoms with Gasteiger partial charge in [-0.3, -0.25) is 34.3 Å². The van der Waals surface area contributed by atoms with Crippen molar-refractivity contribution in [1.82, 2.24) is 25.1 Å². The Bertz CT molecular complexity index is 2360. The lowest BCUT2D eigenvalue weighted by atomic mass is 9.92. The van der Waals surface area contributed by atoms with Crippen LogP contribution in [0.2, 0.25) is 10.0 Å². The molecule has 0 aliphatic carbocycles. The zero-order chi connectivity index (χ0) is 42.2. The van der Waals surface area contributed by atoms with Crippen LogP contribution in [0.4, 0.5) is 38.9 Å². The quantitative estimate of drug-likeness (QED) is 0.103. The molecule has 4 amide bonds. The Hall–Kier alpha value is -4.40. The van der Waals surface area contributed by atoms with Crippen molar-refractivity contribution in [2.75, 3.05) is 79.6 Å². The molecule has 0 radical (unpaired) electrons. The van der Waals surface area contributed by atoms with Crippen molar-refractivity contribution in [3.63, 3.8) is 0 Å². The molecule has 3 fully saturated rings. The Balaban J connectivity index is 0.818. The Morgan fingerprint density at radius 3 is 2.27 bits per heavy atom.